The third-order valence-electron chi connectivity index (χ3n) is 2.87. The van der Waals surface area contributed by atoms with Crippen molar-refractivity contribution in [1.29, 1.82) is 0 Å². The summed E-state index contributed by atoms with van der Waals surface area (Å²) < 4.78 is 5.02. The second kappa shape index (κ2) is 3.92. The van der Waals surface area contributed by atoms with Crippen LogP contribution in [0.1, 0.15) is 46.0 Å². The molecule has 1 aliphatic rings. The van der Waals surface area contributed by atoms with Crippen molar-refractivity contribution in [1.82, 2.24) is 0 Å². The third-order valence-corrected chi connectivity index (χ3v) is 2.87. The van der Waals surface area contributed by atoms with Gasteiger partial charge in [0.25, 0.3) is 0 Å². The number of cyclic esters (lactones) is 1. The number of rotatable bonds is 4. The van der Waals surface area contributed by atoms with Crippen molar-refractivity contribution in [3.8, 4) is 0 Å². The largest absolute Gasteiger partial charge is 0.465 e. The van der Waals surface area contributed by atoms with Crippen molar-refractivity contribution < 1.29 is 9.53 Å². The normalized spacial score (nSPS) is 29.0. The van der Waals surface area contributed by atoms with Crippen molar-refractivity contribution in [2.45, 2.75) is 46.0 Å². The van der Waals surface area contributed by atoms with E-state index in [1.807, 2.05) is 0 Å². The van der Waals surface area contributed by atoms with Gasteiger partial charge in [0.15, 0.2) is 0 Å². The lowest BCUT2D eigenvalue weighted by atomic mass is 9.80. The van der Waals surface area contributed by atoms with Crippen molar-refractivity contribution in [2.75, 3.05) is 6.61 Å². The Bertz CT molecular complexity index is 165. The topological polar surface area (TPSA) is 26.3 Å². The van der Waals surface area contributed by atoms with Gasteiger partial charge in [-0.15, -0.1) is 0 Å². The number of hydrogen-bond donors (Lipinski definition) is 0. The first-order chi connectivity index (χ1) is 5.72. The van der Waals surface area contributed by atoms with Crippen LogP contribution in [0.15, 0.2) is 0 Å². The van der Waals surface area contributed by atoms with Gasteiger partial charge in [0.2, 0.25) is 0 Å². The van der Waals surface area contributed by atoms with Crippen molar-refractivity contribution in [3.05, 3.63) is 0 Å². The molecule has 0 aliphatic carbocycles. The van der Waals surface area contributed by atoms with E-state index in [1.165, 1.54) is 12.8 Å². The predicted molar refractivity (Wildman–Crippen MR) is 47.8 cm³/mol. The van der Waals surface area contributed by atoms with E-state index in [4.69, 9.17) is 4.74 Å². The fraction of sp³-hybridized carbons (Fsp3) is 0.900. The van der Waals surface area contributed by atoms with Gasteiger partial charge >= 0.3 is 5.97 Å². The Morgan fingerprint density at radius 1 is 1.50 bits per heavy atom. The standard InChI is InChI=1S/C10H18O2/c1-3-5-6-10(4-2)7-9(11)12-8-10/h3-8H2,1-2H3/t10-/m0/s1. The highest BCUT2D eigenvalue weighted by Gasteiger charge is 2.37. The van der Waals surface area contributed by atoms with Gasteiger partial charge in [-0.2, -0.15) is 0 Å². The summed E-state index contributed by atoms with van der Waals surface area (Å²) in [6.45, 7) is 4.99. The van der Waals surface area contributed by atoms with E-state index in [1.54, 1.807) is 0 Å². The van der Waals surface area contributed by atoms with E-state index in [0.29, 0.717) is 13.0 Å². The van der Waals surface area contributed by atoms with Crippen LogP contribution in [0.25, 0.3) is 0 Å². The lowest BCUT2D eigenvalue weighted by molar-refractivity contribution is -0.137. The zero-order chi connectivity index (χ0) is 9.03. The molecule has 1 rings (SSSR count). The summed E-state index contributed by atoms with van der Waals surface area (Å²) in [4.78, 5) is 11.0. The molecule has 12 heavy (non-hydrogen) atoms. The molecular weight excluding hydrogens is 152 g/mol. The molecule has 0 aromatic carbocycles. The molecule has 1 saturated heterocycles. The molecule has 2 heteroatoms. The lowest BCUT2D eigenvalue weighted by Gasteiger charge is -2.23. The Morgan fingerprint density at radius 3 is 2.67 bits per heavy atom. The van der Waals surface area contributed by atoms with Crippen molar-refractivity contribution >= 4 is 5.97 Å². The van der Waals surface area contributed by atoms with E-state index in [2.05, 4.69) is 13.8 Å². The maximum absolute atomic E-state index is 11.0. The summed E-state index contributed by atoms with van der Waals surface area (Å²) in [5.74, 6) is -0.00652. The summed E-state index contributed by atoms with van der Waals surface area (Å²) in [6.07, 6.45) is 5.27. The Kier molecular flexibility index (Phi) is 3.12. The first kappa shape index (κ1) is 9.56. The molecule has 1 heterocycles. The van der Waals surface area contributed by atoms with Crippen LogP contribution in [-0.4, -0.2) is 12.6 Å². The summed E-state index contributed by atoms with van der Waals surface area (Å²) >= 11 is 0. The van der Waals surface area contributed by atoms with Crippen LogP contribution in [0.4, 0.5) is 0 Å². The maximum Gasteiger partial charge on any atom is 0.306 e. The van der Waals surface area contributed by atoms with Crippen LogP contribution in [0, 0.1) is 5.41 Å². The molecule has 1 aliphatic heterocycles. The molecule has 0 spiro atoms. The minimum atomic E-state index is -0.00652. The van der Waals surface area contributed by atoms with E-state index in [-0.39, 0.29) is 11.4 Å². The van der Waals surface area contributed by atoms with Gasteiger partial charge in [0.1, 0.15) is 0 Å². The van der Waals surface area contributed by atoms with Gasteiger partial charge in [-0.05, 0) is 12.8 Å². The smallest absolute Gasteiger partial charge is 0.306 e. The van der Waals surface area contributed by atoms with Gasteiger partial charge in [-0.25, -0.2) is 0 Å². The first-order valence-electron chi connectivity index (χ1n) is 4.88. The number of carbonyl (C=O) groups is 1. The summed E-state index contributed by atoms with van der Waals surface area (Å²) in [7, 11) is 0. The van der Waals surface area contributed by atoms with Crippen LogP contribution >= 0.6 is 0 Å². The molecule has 0 saturated carbocycles. The van der Waals surface area contributed by atoms with E-state index in [9.17, 15) is 4.79 Å². The molecule has 0 radical (unpaired) electrons. The quantitative estimate of drug-likeness (QED) is 0.606. The fourth-order valence-corrected chi connectivity index (χ4v) is 1.76. The van der Waals surface area contributed by atoms with Gasteiger partial charge in [-0.1, -0.05) is 26.7 Å². The molecule has 0 aromatic heterocycles. The number of ether oxygens (including phenoxy) is 1. The molecule has 1 fully saturated rings. The number of hydrogen-bond acceptors (Lipinski definition) is 2. The molecule has 1 atom stereocenters. The highest BCUT2D eigenvalue weighted by Crippen LogP contribution is 2.37. The lowest BCUT2D eigenvalue weighted by Crippen LogP contribution is -2.19. The minimum absolute atomic E-state index is 0.00652. The Morgan fingerprint density at radius 2 is 2.25 bits per heavy atom. The average molecular weight is 170 g/mol. The zero-order valence-electron chi connectivity index (χ0n) is 8.06. The zero-order valence-corrected chi connectivity index (χ0v) is 8.06. The molecule has 0 bridgehead atoms. The van der Waals surface area contributed by atoms with E-state index in [0.717, 1.165) is 12.8 Å². The Balaban J connectivity index is 2.46. The van der Waals surface area contributed by atoms with Crippen LogP contribution in [-0.2, 0) is 9.53 Å². The molecule has 0 N–H and O–H groups in total. The summed E-state index contributed by atoms with van der Waals surface area (Å²) in [6, 6.07) is 0. The average Bonchev–Trinajstić information content (AvgIpc) is 2.45. The van der Waals surface area contributed by atoms with Crippen LogP contribution < -0.4 is 0 Å². The highest BCUT2D eigenvalue weighted by atomic mass is 16.5. The van der Waals surface area contributed by atoms with Crippen molar-refractivity contribution in [3.63, 3.8) is 0 Å². The Hall–Kier alpha value is -0.530. The summed E-state index contributed by atoms with van der Waals surface area (Å²) in [5, 5.41) is 0. The van der Waals surface area contributed by atoms with Gasteiger partial charge in [-0.3, -0.25) is 4.79 Å². The second-order valence-electron chi connectivity index (χ2n) is 3.79. The molecule has 70 valence electrons. The van der Waals surface area contributed by atoms with Crippen molar-refractivity contribution in [2.24, 2.45) is 5.41 Å². The molecule has 0 aromatic rings. The molecule has 0 unspecified atom stereocenters. The minimum Gasteiger partial charge on any atom is -0.465 e. The van der Waals surface area contributed by atoms with Gasteiger partial charge < -0.3 is 4.74 Å². The number of unbranched alkanes of at least 4 members (excludes halogenated alkanes) is 1. The highest BCUT2D eigenvalue weighted by molar-refractivity contribution is 5.72. The van der Waals surface area contributed by atoms with Gasteiger partial charge in [0.05, 0.1) is 13.0 Å². The van der Waals surface area contributed by atoms with Gasteiger partial charge in [0, 0.05) is 5.41 Å². The predicted octanol–water partition coefficient (Wildman–Crippen LogP) is 2.52. The molecular formula is C10H18O2. The SMILES string of the molecule is CCCC[C@]1(CC)COC(=O)C1. The number of carbonyl (C=O) groups excluding carboxylic acids is 1. The van der Waals surface area contributed by atoms with Crippen LogP contribution in [0.3, 0.4) is 0 Å². The van der Waals surface area contributed by atoms with E-state index < -0.39 is 0 Å². The van der Waals surface area contributed by atoms with E-state index >= 15 is 0 Å². The summed E-state index contributed by atoms with van der Waals surface area (Å²) in [5.41, 5.74) is 0.188. The Labute approximate surface area is 74.3 Å². The van der Waals surface area contributed by atoms with Crippen LogP contribution in [0.2, 0.25) is 0 Å². The third kappa shape index (κ3) is 1.99. The maximum atomic E-state index is 11.0. The molecule has 0 amide bonds. The second-order valence-corrected chi connectivity index (χ2v) is 3.79. The first-order valence-corrected chi connectivity index (χ1v) is 4.88. The molecule has 2 nitrogen and oxygen atoms in total. The number of esters is 1. The monoisotopic (exact) mass is 170 g/mol. The fourth-order valence-electron chi connectivity index (χ4n) is 1.76. The van der Waals surface area contributed by atoms with Crippen LogP contribution in [0.5, 0.6) is 0 Å².